The largest absolute Gasteiger partial charge is 0.477 e. The molecule has 1 aliphatic rings. The van der Waals surface area contributed by atoms with E-state index in [1.807, 2.05) is 0 Å². The van der Waals surface area contributed by atoms with Crippen molar-refractivity contribution in [2.24, 2.45) is 5.41 Å². The van der Waals surface area contributed by atoms with E-state index in [2.05, 4.69) is 22.2 Å². The Kier molecular flexibility index (Phi) is 3.36. The van der Waals surface area contributed by atoms with Crippen molar-refractivity contribution in [2.75, 3.05) is 6.54 Å². The Hall–Kier alpha value is -1.85. The van der Waals surface area contributed by atoms with Gasteiger partial charge in [0.2, 0.25) is 0 Å². The molecule has 0 aromatic carbocycles. The van der Waals surface area contributed by atoms with E-state index in [1.54, 1.807) is 0 Å². The number of amides is 1. The number of H-pyrrole nitrogens is 1. The third kappa shape index (κ3) is 2.52. The fourth-order valence-electron chi connectivity index (χ4n) is 2.20. The van der Waals surface area contributed by atoms with Crippen LogP contribution in [0.4, 0.5) is 0 Å². The number of carboxylic acid groups (broad SMARTS) is 1. The van der Waals surface area contributed by atoms with Crippen molar-refractivity contribution in [3.63, 3.8) is 0 Å². The van der Waals surface area contributed by atoms with Crippen molar-refractivity contribution in [1.82, 2.24) is 15.3 Å². The molecule has 3 N–H and O–H groups in total. The first kappa shape index (κ1) is 12.6. The van der Waals surface area contributed by atoms with Crippen LogP contribution >= 0.6 is 0 Å². The second-order valence-corrected chi connectivity index (χ2v) is 4.86. The minimum atomic E-state index is -1.17. The molecule has 98 valence electrons. The Morgan fingerprint density at radius 3 is 2.83 bits per heavy atom. The first-order valence-corrected chi connectivity index (χ1v) is 6.13. The van der Waals surface area contributed by atoms with Gasteiger partial charge in [0.05, 0.1) is 6.33 Å². The van der Waals surface area contributed by atoms with Crippen molar-refractivity contribution in [1.29, 1.82) is 0 Å². The van der Waals surface area contributed by atoms with Crippen LogP contribution in [-0.2, 0) is 0 Å². The Morgan fingerprint density at radius 2 is 2.28 bits per heavy atom. The molecule has 1 saturated carbocycles. The van der Waals surface area contributed by atoms with Gasteiger partial charge in [0.15, 0.2) is 11.4 Å². The van der Waals surface area contributed by atoms with Gasteiger partial charge in [-0.05, 0) is 24.7 Å². The topological polar surface area (TPSA) is 95.1 Å². The van der Waals surface area contributed by atoms with Gasteiger partial charge in [-0.1, -0.05) is 13.3 Å². The van der Waals surface area contributed by atoms with Crippen LogP contribution in [0.15, 0.2) is 6.33 Å². The molecular weight excluding hydrogens is 234 g/mol. The van der Waals surface area contributed by atoms with E-state index >= 15 is 0 Å². The highest BCUT2D eigenvalue weighted by Gasteiger charge is 2.41. The Balaban J connectivity index is 1.96. The van der Waals surface area contributed by atoms with E-state index in [0.717, 1.165) is 25.7 Å². The zero-order chi connectivity index (χ0) is 13.2. The van der Waals surface area contributed by atoms with Crippen molar-refractivity contribution in [3.05, 3.63) is 17.7 Å². The van der Waals surface area contributed by atoms with E-state index < -0.39 is 11.9 Å². The van der Waals surface area contributed by atoms with Crippen LogP contribution in [0.5, 0.6) is 0 Å². The molecule has 1 amide bonds. The van der Waals surface area contributed by atoms with Crippen molar-refractivity contribution < 1.29 is 14.7 Å². The minimum absolute atomic E-state index is 0.0465. The molecule has 0 spiro atoms. The summed E-state index contributed by atoms with van der Waals surface area (Å²) in [6.45, 7) is 2.73. The maximum atomic E-state index is 11.9. The number of nitrogens with zero attached hydrogens (tertiary/aromatic N) is 1. The summed E-state index contributed by atoms with van der Waals surface area (Å²) in [7, 11) is 0. The number of carbonyl (C=O) groups excluding carboxylic acids is 1. The number of rotatable bonds is 6. The van der Waals surface area contributed by atoms with E-state index in [1.165, 1.54) is 6.33 Å². The Labute approximate surface area is 105 Å². The van der Waals surface area contributed by atoms with Gasteiger partial charge in [0, 0.05) is 6.54 Å². The van der Waals surface area contributed by atoms with E-state index in [-0.39, 0.29) is 16.8 Å². The first-order valence-electron chi connectivity index (χ1n) is 6.13. The lowest BCUT2D eigenvalue weighted by Gasteiger charge is -2.14. The molecule has 0 atom stereocenters. The Morgan fingerprint density at radius 1 is 1.56 bits per heavy atom. The zero-order valence-corrected chi connectivity index (χ0v) is 10.3. The van der Waals surface area contributed by atoms with Crippen LogP contribution < -0.4 is 5.32 Å². The molecule has 0 bridgehead atoms. The van der Waals surface area contributed by atoms with Crippen LogP contribution in [0.1, 0.15) is 53.6 Å². The standard InChI is InChI=1S/C12H17N3O3/c1-2-3-12(4-5-12)6-13-10(16)8-9(11(17)18)15-7-14-8/h7H,2-6H2,1H3,(H,13,16)(H,14,15)(H,17,18). The van der Waals surface area contributed by atoms with Crippen LogP contribution in [0.2, 0.25) is 0 Å². The van der Waals surface area contributed by atoms with Gasteiger partial charge in [0.1, 0.15) is 0 Å². The zero-order valence-electron chi connectivity index (χ0n) is 10.3. The highest BCUT2D eigenvalue weighted by Crippen LogP contribution is 2.48. The van der Waals surface area contributed by atoms with Crippen molar-refractivity contribution >= 4 is 11.9 Å². The van der Waals surface area contributed by atoms with E-state index in [4.69, 9.17) is 5.11 Å². The number of nitrogens with one attached hydrogen (secondary N) is 2. The summed E-state index contributed by atoms with van der Waals surface area (Å²) in [6, 6.07) is 0. The molecular formula is C12H17N3O3. The lowest BCUT2D eigenvalue weighted by atomic mass is 10.0. The summed E-state index contributed by atoms with van der Waals surface area (Å²) in [4.78, 5) is 28.9. The predicted molar refractivity (Wildman–Crippen MR) is 64.5 cm³/mol. The average Bonchev–Trinajstić information content (AvgIpc) is 2.92. The highest BCUT2D eigenvalue weighted by atomic mass is 16.4. The summed E-state index contributed by atoms with van der Waals surface area (Å²) >= 11 is 0. The van der Waals surface area contributed by atoms with Gasteiger partial charge >= 0.3 is 5.97 Å². The third-order valence-electron chi connectivity index (χ3n) is 3.43. The summed E-state index contributed by atoms with van der Waals surface area (Å²) in [5.41, 5.74) is 0.0343. The van der Waals surface area contributed by atoms with Gasteiger partial charge in [-0.15, -0.1) is 0 Å². The number of aromatic nitrogens is 2. The van der Waals surface area contributed by atoms with Gasteiger partial charge < -0.3 is 15.4 Å². The molecule has 6 nitrogen and oxygen atoms in total. The quantitative estimate of drug-likeness (QED) is 0.712. The second-order valence-electron chi connectivity index (χ2n) is 4.86. The molecule has 2 rings (SSSR count). The van der Waals surface area contributed by atoms with Crippen LogP contribution in [0.25, 0.3) is 0 Å². The second kappa shape index (κ2) is 4.80. The molecule has 6 heteroatoms. The van der Waals surface area contributed by atoms with Gasteiger partial charge in [0.25, 0.3) is 5.91 Å². The van der Waals surface area contributed by atoms with Crippen LogP contribution in [0.3, 0.4) is 0 Å². The number of carboxylic acids is 1. The molecule has 1 heterocycles. The molecule has 1 aromatic heterocycles. The predicted octanol–water partition coefficient (Wildman–Crippen LogP) is 1.42. The van der Waals surface area contributed by atoms with E-state index in [9.17, 15) is 9.59 Å². The molecule has 0 radical (unpaired) electrons. The lowest BCUT2D eigenvalue weighted by Crippen LogP contribution is -2.31. The number of hydrogen-bond donors (Lipinski definition) is 3. The van der Waals surface area contributed by atoms with Gasteiger partial charge in [-0.2, -0.15) is 0 Å². The number of aromatic amines is 1. The average molecular weight is 251 g/mol. The maximum absolute atomic E-state index is 11.9. The molecule has 0 unspecified atom stereocenters. The summed E-state index contributed by atoms with van der Waals surface area (Å²) in [5.74, 6) is -1.59. The maximum Gasteiger partial charge on any atom is 0.354 e. The molecule has 1 aromatic rings. The molecule has 1 aliphatic carbocycles. The number of imidazole rings is 1. The number of aromatic carboxylic acids is 1. The fraction of sp³-hybridized carbons (Fsp3) is 0.583. The van der Waals surface area contributed by atoms with Crippen LogP contribution in [-0.4, -0.2) is 33.5 Å². The molecule has 0 saturated heterocycles. The minimum Gasteiger partial charge on any atom is -0.477 e. The fourth-order valence-corrected chi connectivity index (χ4v) is 2.20. The van der Waals surface area contributed by atoms with Gasteiger partial charge in [-0.3, -0.25) is 4.79 Å². The summed E-state index contributed by atoms with van der Waals surface area (Å²) in [5, 5.41) is 11.7. The number of carbonyl (C=O) groups is 2. The molecule has 18 heavy (non-hydrogen) atoms. The first-order chi connectivity index (χ1) is 8.58. The molecule has 0 aliphatic heterocycles. The number of hydrogen-bond acceptors (Lipinski definition) is 3. The van der Waals surface area contributed by atoms with Gasteiger partial charge in [-0.25, -0.2) is 9.78 Å². The smallest absolute Gasteiger partial charge is 0.354 e. The van der Waals surface area contributed by atoms with Crippen LogP contribution in [0, 0.1) is 5.41 Å². The van der Waals surface area contributed by atoms with Crippen molar-refractivity contribution in [3.8, 4) is 0 Å². The highest BCUT2D eigenvalue weighted by molar-refractivity contribution is 6.02. The summed E-state index contributed by atoms with van der Waals surface area (Å²) in [6.07, 6.45) is 5.68. The summed E-state index contributed by atoms with van der Waals surface area (Å²) < 4.78 is 0. The normalized spacial score (nSPS) is 16.3. The Bertz CT molecular complexity index is 463. The third-order valence-corrected chi connectivity index (χ3v) is 3.43. The van der Waals surface area contributed by atoms with E-state index in [0.29, 0.717) is 6.54 Å². The molecule has 1 fully saturated rings. The van der Waals surface area contributed by atoms with Crippen molar-refractivity contribution in [2.45, 2.75) is 32.6 Å². The monoisotopic (exact) mass is 251 g/mol. The lowest BCUT2D eigenvalue weighted by molar-refractivity contribution is 0.0684. The SMILES string of the molecule is CCCC1(CNC(=O)c2nc[nH]c2C(=O)O)CC1.